The molecule has 30 heavy (non-hydrogen) atoms. The molecule has 8 heteroatoms. The molecule has 2 aromatic carbocycles. The topological polar surface area (TPSA) is 99.5 Å². The number of nitrogens with one attached hydrogen (secondary N) is 1. The summed E-state index contributed by atoms with van der Waals surface area (Å²) < 4.78 is 32.8. The first-order valence-corrected chi connectivity index (χ1v) is 11.2. The van der Waals surface area contributed by atoms with E-state index < -0.39 is 22.0 Å². The number of hydrogen-bond acceptors (Lipinski definition) is 5. The Morgan fingerprint density at radius 3 is 2.30 bits per heavy atom. The van der Waals surface area contributed by atoms with Crippen LogP contribution in [0.5, 0.6) is 5.75 Å². The van der Waals surface area contributed by atoms with Crippen molar-refractivity contribution < 1.29 is 17.9 Å². The van der Waals surface area contributed by atoms with Crippen LogP contribution in [0, 0.1) is 25.2 Å². The van der Waals surface area contributed by atoms with Crippen LogP contribution >= 0.6 is 0 Å². The summed E-state index contributed by atoms with van der Waals surface area (Å²) >= 11 is 0. The Morgan fingerprint density at radius 2 is 1.77 bits per heavy atom. The number of sulfonamides is 1. The van der Waals surface area contributed by atoms with Crippen molar-refractivity contribution in [3.8, 4) is 11.8 Å². The fourth-order valence-corrected chi connectivity index (χ4v) is 4.49. The van der Waals surface area contributed by atoms with Crippen LogP contribution in [-0.4, -0.2) is 37.8 Å². The summed E-state index contributed by atoms with van der Waals surface area (Å²) in [5, 5.41) is 11.6. The van der Waals surface area contributed by atoms with Gasteiger partial charge < -0.3 is 10.1 Å². The van der Waals surface area contributed by atoms with E-state index in [1.807, 2.05) is 19.9 Å². The molecule has 0 fully saturated rings. The SMILES string of the molecule is CCN(CC)S(=O)(=O)c1cc(C)c(C)c(NC(=O)C(C)Oc2ccc(C#N)cc2)c1. The highest BCUT2D eigenvalue weighted by molar-refractivity contribution is 7.89. The third-order valence-corrected chi connectivity index (χ3v) is 6.94. The van der Waals surface area contributed by atoms with Gasteiger partial charge in [-0.25, -0.2) is 8.42 Å². The fourth-order valence-electron chi connectivity index (χ4n) is 2.92. The average molecular weight is 430 g/mol. The fraction of sp³-hybridized carbons (Fsp3) is 0.364. The van der Waals surface area contributed by atoms with Crippen molar-refractivity contribution in [1.82, 2.24) is 4.31 Å². The Labute approximate surface area is 178 Å². The van der Waals surface area contributed by atoms with Gasteiger partial charge in [-0.1, -0.05) is 13.8 Å². The van der Waals surface area contributed by atoms with Crippen molar-refractivity contribution in [3.63, 3.8) is 0 Å². The summed E-state index contributed by atoms with van der Waals surface area (Å²) in [5.41, 5.74) is 2.48. The van der Waals surface area contributed by atoms with Crippen LogP contribution in [0.2, 0.25) is 0 Å². The van der Waals surface area contributed by atoms with Crippen molar-refractivity contribution in [2.24, 2.45) is 0 Å². The monoisotopic (exact) mass is 429 g/mol. The summed E-state index contributed by atoms with van der Waals surface area (Å²) in [6, 6.07) is 11.6. The minimum Gasteiger partial charge on any atom is -0.481 e. The molecular formula is C22H27N3O4S. The molecule has 0 aliphatic carbocycles. The first-order valence-electron chi connectivity index (χ1n) is 9.73. The Kier molecular flexibility index (Phi) is 7.59. The number of benzene rings is 2. The second-order valence-electron chi connectivity index (χ2n) is 6.89. The zero-order chi connectivity index (χ0) is 22.5. The van der Waals surface area contributed by atoms with E-state index in [4.69, 9.17) is 10.00 Å². The van der Waals surface area contributed by atoms with Gasteiger partial charge in [-0.05, 0) is 68.3 Å². The Bertz CT molecular complexity index is 1050. The van der Waals surface area contributed by atoms with Gasteiger partial charge in [-0.3, -0.25) is 4.79 Å². The molecule has 0 saturated heterocycles. The molecular weight excluding hydrogens is 402 g/mol. The minimum atomic E-state index is -3.65. The molecule has 160 valence electrons. The van der Waals surface area contributed by atoms with Gasteiger partial charge in [0.2, 0.25) is 10.0 Å². The molecule has 1 amide bonds. The lowest BCUT2D eigenvalue weighted by molar-refractivity contribution is -0.122. The minimum absolute atomic E-state index is 0.144. The average Bonchev–Trinajstić information content (AvgIpc) is 2.72. The number of carbonyl (C=O) groups excluding carboxylic acids is 1. The number of hydrogen-bond donors (Lipinski definition) is 1. The third kappa shape index (κ3) is 5.17. The van der Waals surface area contributed by atoms with E-state index in [9.17, 15) is 13.2 Å². The molecule has 2 aromatic rings. The Hall–Kier alpha value is -2.89. The molecule has 0 saturated carbocycles. The van der Waals surface area contributed by atoms with E-state index in [1.165, 1.54) is 10.4 Å². The van der Waals surface area contributed by atoms with Gasteiger partial charge in [0.1, 0.15) is 5.75 Å². The van der Waals surface area contributed by atoms with Gasteiger partial charge in [0.25, 0.3) is 5.91 Å². The summed E-state index contributed by atoms with van der Waals surface area (Å²) in [5.74, 6) is 0.0571. The maximum Gasteiger partial charge on any atom is 0.265 e. The van der Waals surface area contributed by atoms with E-state index in [2.05, 4.69) is 5.32 Å². The Balaban J connectivity index is 2.25. The van der Waals surface area contributed by atoms with E-state index in [-0.39, 0.29) is 4.90 Å². The highest BCUT2D eigenvalue weighted by Gasteiger charge is 2.24. The van der Waals surface area contributed by atoms with E-state index in [0.717, 1.165) is 11.1 Å². The van der Waals surface area contributed by atoms with Gasteiger partial charge >= 0.3 is 0 Å². The number of rotatable bonds is 8. The molecule has 2 rings (SSSR count). The molecule has 0 aliphatic heterocycles. The highest BCUT2D eigenvalue weighted by atomic mass is 32.2. The molecule has 0 heterocycles. The van der Waals surface area contributed by atoms with Crippen LogP contribution in [-0.2, 0) is 14.8 Å². The largest absolute Gasteiger partial charge is 0.481 e. The quantitative estimate of drug-likeness (QED) is 0.691. The van der Waals surface area contributed by atoms with Crippen molar-refractivity contribution in [3.05, 3.63) is 53.1 Å². The van der Waals surface area contributed by atoms with Gasteiger partial charge in [-0.15, -0.1) is 0 Å². The van der Waals surface area contributed by atoms with Crippen molar-refractivity contribution >= 4 is 21.6 Å². The van der Waals surface area contributed by atoms with Crippen LogP contribution < -0.4 is 10.1 Å². The second-order valence-corrected chi connectivity index (χ2v) is 8.83. The molecule has 0 spiro atoms. The molecule has 0 radical (unpaired) electrons. The number of nitriles is 1. The smallest absolute Gasteiger partial charge is 0.265 e. The molecule has 0 bridgehead atoms. The third-order valence-electron chi connectivity index (χ3n) is 4.91. The van der Waals surface area contributed by atoms with E-state index >= 15 is 0 Å². The van der Waals surface area contributed by atoms with Crippen LogP contribution in [0.15, 0.2) is 41.3 Å². The first-order chi connectivity index (χ1) is 14.1. The van der Waals surface area contributed by atoms with E-state index in [0.29, 0.717) is 30.1 Å². The predicted molar refractivity (Wildman–Crippen MR) is 116 cm³/mol. The predicted octanol–water partition coefficient (Wildman–Crippen LogP) is 3.61. The van der Waals surface area contributed by atoms with Crippen molar-refractivity contribution in [2.45, 2.75) is 45.6 Å². The zero-order valence-corrected chi connectivity index (χ0v) is 18.7. The summed E-state index contributed by atoms with van der Waals surface area (Å²) in [7, 11) is -3.65. The lowest BCUT2D eigenvalue weighted by atomic mass is 10.1. The van der Waals surface area contributed by atoms with Crippen molar-refractivity contribution in [1.29, 1.82) is 5.26 Å². The van der Waals surface area contributed by atoms with Gasteiger partial charge in [0.15, 0.2) is 6.10 Å². The Morgan fingerprint density at radius 1 is 1.17 bits per heavy atom. The lowest BCUT2D eigenvalue weighted by Crippen LogP contribution is -2.32. The maximum atomic E-state index is 12.9. The molecule has 1 atom stereocenters. The van der Waals surface area contributed by atoms with Crippen LogP contribution in [0.25, 0.3) is 0 Å². The highest BCUT2D eigenvalue weighted by Crippen LogP contribution is 2.26. The molecule has 1 N–H and O–H groups in total. The number of amides is 1. The number of nitrogens with zero attached hydrogens (tertiary/aromatic N) is 2. The number of anilines is 1. The normalized spacial score (nSPS) is 12.3. The van der Waals surface area contributed by atoms with Crippen molar-refractivity contribution in [2.75, 3.05) is 18.4 Å². The zero-order valence-electron chi connectivity index (χ0n) is 17.9. The maximum absolute atomic E-state index is 12.9. The molecule has 1 unspecified atom stereocenters. The van der Waals surface area contributed by atoms with E-state index in [1.54, 1.807) is 51.1 Å². The molecule has 7 nitrogen and oxygen atoms in total. The van der Waals surface area contributed by atoms with Gasteiger partial charge in [0.05, 0.1) is 16.5 Å². The molecule has 0 aromatic heterocycles. The lowest BCUT2D eigenvalue weighted by Gasteiger charge is -2.21. The summed E-state index contributed by atoms with van der Waals surface area (Å²) in [6.45, 7) is 9.53. The second kappa shape index (κ2) is 9.74. The number of carbonyl (C=O) groups is 1. The number of aryl methyl sites for hydroxylation is 1. The van der Waals surface area contributed by atoms with Crippen LogP contribution in [0.3, 0.4) is 0 Å². The van der Waals surface area contributed by atoms with Gasteiger partial charge in [-0.2, -0.15) is 9.57 Å². The molecule has 0 aliphatic rings. The first kappa shape index (κ1) is 23.4. The summed E-state index contributed by atoms with van der Waals surface area (Å²) in [6.07, 6.45) is -0.819. The number of ether oxygens (including phenoxy) is 1. The summed E-state index contributed by atoms with van der Waals surface area (Å²) in [4.78, 5) is 12.8. The van der Waals surface area contributed by atoms with Crippen LogP contribution in [0.1, 0.15) is 37.5 Å². The van der Waals surface area contributed by atoms with Crippen LogP contribution in [0.4, 0.5) is 5.69 Å². The standard InChI is InChI=1S/C22H27N3O4S/c1-6-25(7-2)30(27,28)20-12-15(3)16(4)21(13-20)24-22(26)17(5)29-19-10-8-18(14-23)9-11-19/h8-13,17H,6-7H2,1-5H3,(H,24,26). The van der Waals surface area contributed by atoms with Gasteiger partial charge in [0, 0.05) is 18.8 Å².